The van der Waals surface area contributed by atoms with E-state index in [-0.39, 0.29) is 10.9 Å². The molecule has 0 spiro atoms. The van der Waals surface area contributed by atoms with Crippen molar-refractivity contribution in [2.24, 2.45) is 0 Å². The highest BCUT2D eigenvalue weighted by atomic mass is 35.5. The Balaban J connectivity index is 2.23. The summed E-state index contributed by atoms with van der Waals surface area (Å²) in [7, 11) is 0.327. The van der Waals surface area contributed by atoms with Crippen molar-refractivity contribution in [2.45, 2.75) is 45.3 Å². The van der Waals surface area contributed by atoms with E-state index in [1.165, 1.54) is 12.1 Å². The van der Waals surface area contributed by atoms with Gasteiger partial charge in [0.05, 0.1) is 5.02 Å². The van der Waals surface area contributed by atoms with Gasteiger partial charge in [-0.3, -0.25) is 0 Å². The largest absolute Gasteiger partial charge is 0.405 e. The van der Waals surface area contributed by atoms with Crippen molar-refractivity contribution < 1.29 is 13.3 Å². The smallest absolute Gasteiger partial charge is 0.237 e. The second kappa shape index (κ2) is 6.14. The fourth-order valence-electron chi connectivity index (χ4n) is 1.71. The molecule has 0 aliphatic rings. The molecule has 0 bridgehead atoms. The Labute approximate surface area is 137 Å². The van der Waals surface area contributed by atoms with Gasteiger partial charge >= 0.3 is 0 Å². The zero-order chi connectivity index (χ0) is 16.5. The standard InChI is InChI=1S/C16H19ClFNO2Si/c1-15(2,3)22-21-16(4,5)14-9-13(19-20-14)11-7-6-10(18)8-12(11)17/h6-9H,1-5H3. The second-order valence-corrected chi connectivity index (χ2v) is 8.98. The molecule has 0 N–H and O–H groups in total. The molecule has 1 aromatic heterocycles. The first-order valence-electron chi connectivity index (χ1n) is 6.96. The van der Waals surface area contributed by atoms with Gasteiger partial charge in [0.2, 0.25) is 9.76 Å². The first kappa shape index (κ1) is 17.2. The fraction of sp³-hybridized carbons (Fsp3) is 0.438. The minimum absolute atomic E-state index is 0.0837. The Bertz CT molecular complexity index is 664. The number of hydrogen-bond donors (Lipinski definition) is 0. The molecule has 1 aromatic carbocycles. The zero-order valence-corrected chi connectivity index (χ0v) is 15.1. The monoisotopic (exact) mass is 339 g/mol. The molecule has 0 unspecified atom stereocenters. The van der Waals surface area contributed by atoms with Crippen LogP contribution in [0.25, 0.3) is 11.3 Å². The van der Waals surface area contributed by atoms with Crippen LogP contribution in [0.2, 0.25) is 10.1 Å². The average molecular weight is 340 g/mol. The lowest BCUT2D eigenvalue weighted by molar-refractivity contribution is 0.0752. The molecular formula is C16H19ClFNO2Si. The van der Waals surface area contributed by atoms with Gasteiger partial charge in [0, 0.05) is 11.6 Å². The molecule has 2 rings (SSSR count). The third-order valence-corrected chi connectivity index (χ3v) is 4.46. The van der Waals surface area contributed by atoms with Crippen LogP contribution < -0.4 is 0 Å². The number of halogens is 2. The van der Waals surface area contributed by atoms with Crippen LogP contribution in [0.5, 0.6) is 0 Å². The summed E-state index contributed by atoms with van der Waals surface area (Å²) < 4.78 is 24.5. The van der Waals surface area contributed by atoms with Crippen molar-refractivity contribution >= 4 is 21.4 Å². The lowest BCUT2D eigenvalue weighted by Crippen LogP contribution is -2.27. The lowest BCUT2D eigenvalue weighted by atomic mass is 10.0. The van der Waals surface area contributed by atoms with Gasteiger partial charge in [-0.25, -0.2) is 4.39 Å². The number of hydrogen-bond acceptors (Lipinski definition) is 3. The van der Waals surface area contributed by atoms with Crippen LogP contribution in [-0.4, -0.2) is 14.9 Å². The van der Waals surface area contributed by atoms with Crippen LogP contribution in [-0.2, 0) is 10.0 Å². The highest BCUT2D eigenvalue weighted by Crippen LogP contribution is 2.33. The van der Waals surface area contributed by atoms with Crippen molar-refractivity contribution in [3.63, 3.8) is 0 Å². The molecule has 3 nitrogen and oxygen atoms in total. The third-order valence-electron chi connectivity index (χ3n) is 2.92. The molecular weight excluding hydrogens is 321 g/mol. The van der Waals surface area contributed by atoms with Crippen molar-refractivity contribution in [3.05, 3.63) is 40.9 Å². The molecule has 0 saturated heterocycles. The van der Waals surface area contributed by atoms with Gasteiger partial charge < -0.3 is 8.95 Å². The van der Waals surface area contributed by atoms with E-state index >= 15 is 0 Å². The van der Waals surface area contributed by atoms with E-state index in [1.807, 2.05) is 13.8 Å². The van der Waals surface area contributed by atoms with Crippen LogP contribution in [0.15, 0.2) is 28.8 Å². The van der Waals surface area contributed by atoms with Gasteiger partial charge in [0.15, 0.2) is 5.76 Å². The summed E-state index contributed by atoms with van der Waals surface area (Å²) in [5.41, 5.74) is 0.603. The van der Waals surface area contributed by atoms with Gasteiger partial charge in [-0.15, -0.1) is 0 Å². The predicted molar refractivity (Wildman–Crippen MR) is 86.5 cm³/mol. The fourth-order valence-corrected chi connectivity index (χ4v) is 2.64. The maximum atomic E-state index is 13.1. The summed E-state index contributed by atoms with van der Waals surface area (Å²) in [4.78, 5) is 0. The van der Waals surface area contributed by atoms with Crippen molar-refractivity contribution in [2.75, 3.05) is 0 Å². The van der Waals surface area contributed by atoms with Crippen LogP contribution in [0, 0.1) is 5.82 Å². The van der Waals surface area contributed by atoms with Crippen LogP contribution in [0.3, 0.4) is 0 Å². The number of benzene rings is 1. The van der Waals surface area contributed by atoms with E-state index in [2.05, 4.69) is 25.9 Å². The Hall–Kier alpha value is -1.17. The molecule has 0 atom stereocenters. The summed E-state index contributed by atoms with van der Waals surface area (Å²) in [6.07, 6.45) is 0. The molecule has 22 heavy (non-hydrogen) atoms. The van der Waals surface area contributed by atoms with Gasteiger partial charge in [-0.2, -0.15) is 0 Å². The van der Waals surface area contributed by atoms with Crippen LogP contribution in [0.4, 0.5) is 4.39 Å². The van der Waals surface area contributed by atoms with Crippen LogP contribution >= 0.6 is 11.6 Å². The SMILES string of the molecule is CC(C)(C)[Si]OC(C)(C)c1cc(-c2ccc(F)cc2Cl)no1. The predicted octanol–water partition coefficient (Wildman–Crippen LogP) is 5.22. The quantitative estimate of drug-likeness (QED) is 0.716. The van der Waals surface area contributed by atoms with Crippen molar-refractivity contribution in [1.29, 1.82) is 0 Å². The molecule has 0 aliphatic heterocycles. The molecule has 118 valence electrons. The summed E-state index contributed by atoms with van der Waals surface area (Å²) in [6.45, 7) is 10.2. The molecule has 0 amide bonds. The summed E-state index contributed by atoms with van der Waals surface area (Å²) in [5.74, 6) is 0.229. The average Bonchev–Trinajstić information content (AvgIpc) is 2.86. The van der Waals surface area contributed by atoms with Gasteiger partial charge in [0.25, 0.3) is 0 Å². The number of aromatic nitrogens is 1. The van der Waals surface area contributed by atoms with Crippen molar-refractivity contribution in [3.8, 4) is 11.3 Å². The Kier molecular flexibility index (Phi) is 4.80. The molecule has 1 heterocycles. The number of rotatable bonds is 4. The van der Waals surface area contributed by atoms with Gasteiger partial charge in [-0.05, 0) is 37.1 Å². The van der Waals surface area contributed by atoms with Gasteiger partial charge in [-0.1, -0.05) is 37.5 Å². The molecule has 2 radical (unpaired) electrons. The highest BCUT2D eigenvalue weighted by molar-refractivity contribution is 6.33. The zero-order valence-electron chi connectivity index (χ0n) is 13.3. The van der Waals surface area contributed by atoms with E-state index in [9.17, 15) is 4.39 Å². The van der Waals surface area contributed by atoms with E-state index in [0.29, 0.717) is 31.8 Å². The normalized spacial score (nSPS) is 12.7. The first-order chi connectivity index (χ1) is 10.1. The van der Waals surface area contributed by atoms with Crippen LogP contribution in [0.1, 0.15) is 40.4 Å². The Morgan fingerprint density at radius 2 is 1.86 bits per heavy atom. The molecule has 0 saturated carbocycles. The third kappa shape index (κ3) is 4.18. The molecule has 6 heteroatoms. The summed E-state index contributed by atoms with van der Waals surface area (Å²) in [5, 5.41) is 4.41. The number of nitrogens with zero attached hydrogens (tertiary/aromatic N) is 1. The molecule has 0 fully saturated rings. The second-order valence-electron chi connectivity index (χ2n) is 6.67. The highest BCUT2D eigenvalue weighted by Gasteiger charge is 2.29. The lowest BCUT2D eigenvalue weighted by Gasteiger charge is -2.26. The minimum atomic E-state index is -0.594. The van der Waals surface area contributed by atoms with E-state index in [1.54, 1.807) is 12.1 Å². The maximum absolute atomic E-state index is 13.1. The Morgan fingerprint density at radius 1 is 1.18 bits per heavy atom. The maximum Gasteiger partial charge on any atom is 0.237 e. The van der Waals surface area contributed by atoms with Gasteiger partial charge in [0.1, 0.15) is 17.1 Å². The first-order valence-corrected chi connectivity index (χ1v) is 8.25. The topological polar surface area (TPSA) is 35.3 Å². The Morgan fingerprint density at radius 3 is 2.45 bits per heavy atom. The van der Waals surface area contributed by atoms with E-state index in [0.717, 1.165) is 0 Å². The minimum Gasteiger partial charge on any atom is -0.405 e. The van der Waals surface area contributed by atoms with E-state index < -0.39 is 5.60 Å². The summed E-state index contributed by atoms with van der Waals surface area (Å²) >= 11 is 6.06. The molecule has 2 aromatic rings. The van der Waals surface area contributed by atoms with Crippen molar-refractivity contribution in [1.82, 2.24) is 5.16 Å². The van der Waals surface area contributed by atoms with E-state index in [4.69, 9.17) is 20.6 Å². The summed E-state index contributed by atoms with van der Waals surface area (Å²) in [6, 6.07) is 5.97. The molecule has 0 aliphatic carbocycles.